The normalized spacial score (nSPS) is 9.75. The third-order valence-electron chi connectivity index (χ3n) is 2.56. The van der Waals surface area contributed by atoms with Gasteiger partial charge >= 0.3 is 5.97 Å². The monoisotopic (exact) mass is 464 g/mol. The average Bonchev–Trinajstić information content (AvgIpc) is 2.46. The molecule has 0 aliphatic heterocycles. The number of rotatable bonds is 2. The maximum Gasteiger partial charge on any atom is 0.308 e. The minimum absolute atomic E-state index is 0.0122. The molecule has 0 spiro atoms. The fourth-order valence-electron chi connectivity index (χ4n) is 1.55. The molecule has 0 amide bonds. The number of carbonyl (C=O) groups is 2. The van der Waals surface area contributed by atoms with Crippen molar-refractivity contribution in [3.63, 3.8) is 0 Å². The Bertz CT molecular complexity index is 779. The second-order valence-electron chi connectivity index (χ2n) is 4.51. The van der Waals surface area contributed by atoms with Gasteiger partial charge in [-0.05, 0) is 37.3 Å². The summed E-state index contributed by atoms with van der Waals surface area (Å²) in [5.74, 6) is -2.89. The number of carbonyl (C=O) groups excluding carboxylic acids is 2. The van der Waals surface area contributed by atoms with E-state index in [2.05, 4.69) is 36.6 Å². The lowest BCUT2D eigenvalue weighted by Crippen LogP contribution is -2.02. The van der Waals surface area contributed by atoms with Crippen LogP contribution in [0, 0.1) is 11.6 Å². The summed E-state index contributed by atoms with van der Waals surface area (Å²) in [7, 11) is 0. The number of phenols is 1. The van der Waals surface area contributed by atoms with Crippen molar-refractivity contribution in [1.82, 2.24) is 0 Å². The van der Waals surface area contributed by atoms with Crippen LogP contribution < -0.4 is 4.74 Å². The van der Waals surface area contributed by atoms with E-state index in [1.54, 1.807) is 6.07 Å². The lowest BCUT2D eigenvalue weighted by molar-refractivity contribution is -0.132. The molecule has 2 aromatic rings. The van der Waals surface area contributed by atoms with Gasteiger partial charge in [0.05, 0.1) is 5.56 Å². The summed E-state index contributed by atoms with van der Waals surface area (Å²) >= 11 is 6.09. The van der Waals surface area contributed by atoms with Crippen molar-refractivity contribution in [2.45, 2.75) is 13.8 Å². The molecule has 0 aliphatic carbocycles. The molecule has 0 bridgehead atoms. The largest absolute Gasteiger partial charge is 0.504 e. The molecule has 0 aliphatic rings. The van der Waals surface area contributed by atoms with Gasteiger partial charge < -0.3 is 9.84 Å². The first kappa shape index (κ1) is 20.2. The Morgan fingerprint density at radius 3 is 2.08 bits per heavy atom. The SMILES string of the molecule is CC(=O)Oc1ccc(Br)cc1F.CC(=O)c1cc(Br)cc(F)c1O. The quantitative estimate of drug-likeness (QED) is 0.384. The van der Waals surface area contributed by atoms with Crippen LogP contribution in [0.15, 0.2) is 39.3 Å². The average molecular weight is 466 g/mol. The van der Waals surface area contributed by atoms with Gasteiger partial charge in [-0.3, -0.25) is 9.59 Å². The zero-order valence-corrected chi connectivity index (χ0v) is 15.7. The Morgan fingerprint density at radius 1 is 1.00 bits per heavy atom. The predicted octanol–water partition coefficient (Wildman–Crippen LogP) is 5.01. The van der Waals surface area contributed by atoms with Gasteiger partial charge in [0, 0.05) is 15.9 Å². The van der Waals surface area contributed by atoms with Crippen LogP contribution in [0.3, 0.4) is 0 Å². The van der Waals surface area contributed by atoms with E-state index in [0.717, 1.165) is 6.07 Å². The molecular formula is C16H12Br2F2O4. The summed E-state index contributed by atoms with van der Waals surface area (Å²) in [6, 6.07) is 6.70. The molecule has 2 aromatic carbocycles. The highest BCUT2D eigenvalue weighted by Crippen LogP contribution is 2.26. The van der Waals surface area contributed by atoms with Crippen molar-refractivity contribution in [2.75, 3.05) is 0 Å². The molecule has 0 saturated heterocycles. The lowest BCUT2D eigenvalue weighted by Gasteiger charge is -2.01. The summed E-state index contributed by atoms with van der Waals surface area (Å²) in [4.78, 5) is 21.3. The number of esters is 1. The van der Waals surface area contributed by atoms with Crippen LogP contribution >= 0.6 is 31.9 Å². The van der Waals surface area contributed by atoms with Crippen LogP contribution in [-0.2, 0) is 4.79 Å². The fraction of sp³-hybridized carbons (Fsp3) is 0.125. The van der Waals surface area contributed by atoms with E-state index >= 15 is 0 Å². The smallest absolute Gasteiger partial charge is 0.308 e. The molecule has 0 unspecified atom stereocenters. The van der Waals surface area contributed by atoms with Gasteiger partial charge in [0.2, 0.25) is 0 Å². The molecule has 4 nitrogen and oxygen atoms in total. The van der Waals surface area contributed by atoms with E-state index in [0.29, 0.717) is 8.95 Å². The van der Waals surface area contributed by atoms with Gasteiger partial charge in [0.15, 0.2) is 28.9 Å². The number of halogens is 4. The maximum atomic E-state index is 12.9. The first-order valence-electron chi connectivity index (χ1n) is 6.44. The number of hydrogen-bond acceptors (Lipinski definition) is 4. The first-order chi connectivity index (χ1) is 11.1. The van der Waals surface area contributed by atoms with Gasteiger partial charge in [-0.1, -0.05) is 31.9 Å². The number of benzene rings is 2. The van der Waals surface area contributed by atoms with Gasteiger partial charge in [-0.15, -0.1) is 0 Å². The Balaban J connectivity index is 0.000000240. The van der Waals surface area contributed by atoms with E-state index < -0.39 is 23.4 Å². The summed E-state index contributed by atoms with van der Waals surface area (Å²) in [5.41, 5.74) is -0.0122. The van der Waals surface area contributed by atoms with Crippen molar-refractivity contribution >= 4 is 43.6 Å². The number of Topliss-reactive ketones (excluding diaryl/α,β-unsaturated/α-hetero) is 1. The zero-order valence-electron chi connectivity index (χ0n) is 12.6. The molecule has 0 radical (unpaired) electrons. The number of ether oxygens (including phenoxy) is 1. The zero-order chi connectivity index (χ0) is 18.4. The van der Waals surface area contributed by atoms with Crippen LogP contribution in [-0.4, -0.2) is 16.9 Å². The summed E-state index contributed by atoms with van der Waals surface area (Å²) in [6.45, 7) is 2.49. The van der Waals surface area contributed by atoms with Gasteiger partial charge in [0.25, 0.3) is 0 Å². The minimum atomic E-state index is -0.797. The second-order valence-corrected chi connectivity index (χ2v) is 6.34. The fourth-order valence-corrected chi connectivity index (χ4v) is 2.31. The van der Waals surface area contributed by atoms with Crippen LogP contribution in [0.5, 0.6) is 11.5 Å². The van der Waals surface area contributed by atoms with Gasteiger partial charge in [-0.2, -0.15) is 0 Å². The summed E-state index contributed by atoms with van der Waals surface area (Å²) < 4.78 is 31.3. The molecule has 24 heavy (non-hydrogen) atoms. The number of phenolic OH excluding ortho intramolecular Hbond substituents is 1. The second kappa shape index (κ2) is 8.89. The van der Waals surface area contributed by atoms with Gasteiger partial charge in [0.1, 0.15) is 0 Å². The highest BCUT2D eigenvalue weighted by Gasteiger charge is 2.11. The van der Waals surface area contributed by atoms with Crippen molar-refractivity contribution in [2.24, 2.45) is 0 Å². The number of ketones is 1. The highest BCUT2D eigenvalue weighted by molar-refractivity contribution is 9.10. The lowest BCUT2D eigenvalue weighted by atomic mass is 10.1. The van der Waals surface area contributed by atoms with Crippen LogP contribution in [0.2, 0.25) is 0 Å². The van der Waals surface area contributed by atoms with Crippen molar-refractivity contribution in [1.29, 1.82) is 0 Å². The van der Waals surface area contributed by atoms with Crippen molar-refractivity contribution in [3.8, 4) is 11.5 Å². The van der Waals surface area contributed by atoms with Crippen LogP contribution in [0.25, 0.3) is 0 Å². The van der Waals surface area contributed by atoms with E-state index in [9.17, 15) is 18.4 Å². The predicted molar refractivity (Wildman–Crippen MR) is 91.2 cm³/mol. The summed E-state index contributed by atoms with van der Waals surface area (Å²) in [6.07, 6.45) is 0. The molecule has 1 N–H and O–H groups in total. The molecule has 0 heterocycles. The Morgan fingerprint density at radius 2 is 1.58 bits per heavy atom. The third-order valence-corrected chi connectivity index (χ3v) is 3.51. The molecular weight excluding hydrogens is 454 g/mol. The van der Waals surface area contributed by atoms with Crippen LogP contribution in [0.4, 0.5) is 8.78 Å². The van der Waals surface area contributed by atoms with E-state index in [4.69, 9.17) is 5.11 Å². The van der Waals surface area contributed by atoms with Gasteiger partial charge in [-0.25, -0.2) is 8.78 Å². The molecule has 2 rings (SSSR count). The van der Waals surface area contributed by atoms with Crippen molar-refractivity contribution < 1.29 is 28.2 Å². The third kappa shape index (κ3) is 6.01. The minimum Gasteiger partial charge on any atom is -0.504 e. The molecule has 128 valence electrons. The molecule has 8 heteroatoms. The molecule has 0 aromatic heterocycles. The molecule has 0 atom stereocenters. The number of hydrogen-bond donors (Lipinski definition) is 1. The molecule has 0 saturated carbocycles. The van der Waals surface area contributed by atoms with Crippen LogP contribution in [0.1, 0.15) is 24.2 Å². The topological polar surface area (TPSA) is 63.6 Å². The van der Waals surface area contributed by atoms with E-state index in [1.807, 2.05) is 0 Å². The Hall–Kier alpha value is -1.80. The van der Waals surface area contributed by atoms with E-state index in [-0.39, 0.29) is 17.1 Å². The Labute approximate surface area is 153 Å². The van der Waals surface area contributed by atoms with E-state index in [1.165, 1.54) is 32.0 Å². The van der Waals surface area contributed by atoms with Crippen molar-refractivity contribution in [3.05, 3.63) is 56.5 Å². The highest BCUT2D eigenvalue weighted by atomic mass is 79.9. The maximum absolute atomic E-state index is 12.9. The first-order valence-corrected chi connectivity index (χ1v) is 8.02. The Kier molecular flexibility index (Phi) is 7.50. The number of aromatic hydroxyl groups is 1. The standard InChI is InChI=1S/2C8H6BrFO2/c1-4(11)6-2-5(9)3-7(10)8(6)12;1-5(11)12-8-3-2-6(9)4-7(8)10/h2-3,12H,1H3;2-4H,1H3. The summed E-state index contributed by atoms with van der Waals surface area (Å²) in [5, 5.41) is 9.08. The molecule has 0 fully saturated rings.